The number of hydrogen-bond acceptors (Lipinski definition) is 10. The highest BCUT2D eigenvalue weighted by Crippen LogP contribution is 2.42. The molecule has 16 heteroatoms. The molecule has 22 rings (SSSR count). The monoisotopic (exact) mass is 1920 g/mol. The molecule has 0 spiro atoms. The lowest BCUT2D eigenvalue weighted by atomic mass is 10.0. The Labute approximate surface area is 853 Å². The summed E-state index contributed by atoms with van der Waals surface area (Å²) in [4.78, 5) is 16.9. The second-order valence-corrected chi connectivity index (χ2v) is 30.0. The highest BCUT2D eigenvalue weighted by Gasteiger charge is 2.26. The second-order valence-electron chi connectivity index (χ2n) is 30.0. The molecular formula is C127H161N11O5+6. The van der Waals surface area contributed by atoms with Crippen molar-refractivity contribution in [3.05, 3.63) is 357 Å². The zero-order valence-corrected chi connectivity index (χ0v) is 92.6. The van der Waals surface area contributed by atoms with Gasteiger partial charge in [0, 0.05) is 96.5 Å². The molecule has 748 valence electrons. The lowest BCUT2D eigenvalue weighted by molar-refractivity contribution is -0.720. The summed E-state index contributed by atoms with van der Waals surface area (Å²) in [6, 6.07) is 84.9. The summed E-state index contributed by atoms with van der Waals surface area (Å²) in [6.45, 7) is 60.7. The van der Waals surface area contributed by atoms with Crippen molar-refractivity contribution in [3.63, 3.8) is 0 Å². The van der Waals surface area contributed by atoms with Gasteiger partial charge in [0.1, 0.15) is 84.7 Å². The number of hydrogen-bond donors (Lipinski definition) is 0. The van der Waals surface area contributed by atoms with E-state index in [2.05, 4.69) is 263 Å². The summed E-state index contributed by atoms with van der Waals surface area (Å²) < 4.78 is 42.9. The van der Waals surface area contributed by atoms with E-state index in [-0.39, 0.29) is 0 Å². The highest BCUT2D eigenvalue weighted by atomic mass is 16.3. The van der Waals surface area contributed by atoms with Gasteiger partial charge in [-0.2, -0.15) is 9.13 Å². The number of furan rings is 5. The Kier molecular flexibility index (Phi) is 51.5. The van der Waals surface area contributed by atoms with Crippen molar-refractivity contribution in [1.82, 2.24) is 25.0 Å². The zero-order chi connectivity index (χ0) is 106. The van der Waals surface area contributed by atoms with Gasteiger partial charge >= 0.3 is 0 Å². The van der Waals surface area contributed by atoms with Gasteiger partial charge in [-0.25, -0.2) is 18.7 Å². The molecule has 0 N–H and O–H groups in total. The first-order valence-corrected chi connectivity index (χ1v) is 51.6. The topological polar surface area (TPSA) is 153 Å². The minimum absolute atomic E-state index is 0.693. The average molecular weight is 1920 g/mol. The van der Waals surface area contributed by atoms with Crippen LogP contribution in [-0.2, 0) is 42.3 Å². The number of para-hydroxylation sites is 4. The normalized spacial score (nSPS) is 9.82. The van der Waals surface area contributed by atoms with Crippen LogP contribution in [0.5, 0.6) is 0 Å². The first kappa shape index (κ1) is 118. The van der Waals surface area contributed by atoms with Crippen molar-refractivity contribution >= 4 is 110 Å². The molecule has 143 heavy (non-hydrogen) atoms. The Morgan fingerprint density at radius 3 is 0.853 bits per heavy atom. The predicted molar refractivity (Wildman–Crippen MR) is 608 cm³/mol. The summed E-state index contributed by atoms with van der Waals surface area (Å²) in [6.07, 6.45) is 22.6. The summed E-state index contributed by atoms with van der Waals surface area (Å²) in [5.41, 5.74) is 29.9. The van der Waals surface area contributed by atoms with Crippen molar-refractivity contribution in [2.45, 2.75) is 208 Å². The molecule has 12 heterocycles. The van der Waals surface area contributed by atoms with Crippen LogP contribution in [0, 0.1) is 41.5 Å². The maximum atomic E-state index is 6.16. The Bertz CT molecular complexity index is 6600. The predicted octanol–water partition coefficient (Wildman–Crippen LogP) is 33.7. The SMILES string of the molecule is CC.CC.CC.CC.CC.CC.CC.CC.CC.CC.CC.CC.Cc1ccc2c(oc3ccccc32)c1-c1cccc[n+]1C.Cc1ccc2c(oc3ccccc32)c1-c1cccn[n+]1C.Cc1ccc2c(oc3ccccc32)c1-c1ccnc[n+]1C.Cc1ccc2c(oc3ccccc32)c1-c1cncc[n+]1C.Cc1ccc2c(oc3ncccc32)c1-c1cccc[n+]1C.Cc1ccccc1-c1cncc[n+]1C. The van der Waals surface area contributed by atoms with Gasteiger partial charge in [0.15, 0.2) is 37.4 Å². The van der Waals surface area contributed by atoms with Gasteiger partial charge in [-0.1, -0.05) is 327 Å². The number of nitrogens with zero attached hydrogens (tertiary/aromatic N) is 11. The zero-order valence-electron chi connectivity index (χ0n) is 92.6. The molecule has 0 aliphatic heterocycles. The van der Waals surface area contributed by atoms with E-state index in [0.29, 0.717) is 5.71 Å². The molecular weight excluding hydrogens is 1760 g/mol. The van der Waals surface area contributed by atoms with Gasteiger partial charge in [-0.05, 0) is 141 Å². The van der Waals surface area contributed by atoms with Gasteiger partial charge in [-0.15, -0.1) is 0 Å². The van der Waals surface area contributed by atoms with Crippen LogP contribution in [0.25, 0.3) is 177 Å². The Balaban J connectivity index is 0.000000290. The molecule has 0 atom stereocenters. The number of aromatic nitrogens is 11. The van der Waals surface area contributed by atoms with E-state index in [1.165, 1.54) is 61.0 Å². The molecule has 0 saturated carbocycles. The van der Waals surface area contributed by atoms with Crippen LogP contribution in [-0.4, -0.2) is 25.0 Å². The van der Waals surface area contributed by atoms with Crippen LogP contribution in [0.4, 0.5) is 0 Å². The number of pyridine rings is 3. The molecule has 16 nitrogen and oxygen atoms in total. The third-order valence-electron chi connectivity index (χ3n) is 22.2. The van der Waals surface area contributed by atoms with E-state index in [1.54, 1.807) is 24.8 Å². The third-order valence-corrected chi connectivity index (χ3v) is 22.2. The summed E-state index contributed by atoms with van der Waals surface area (Å²) in [5.74, 6) is 0. The molecule has 0 saturated heterocycles. The molecule has 22 aromatic rings. The van der Waals surface area contributed by atoms with Crippen molar-refractivity contribution in [3.8, 4) is 67.5 Å². The number of fused-ring (bicyclic) bond motifs is 15. The third kappa shape index (κ3) is 28.0. The number of aryl methyl sites for hydroxylation is 12. The quantitative estimate of drug-likeness (QED) is 0.147. The molecule has 0 radical (unpaired) electrons. The molecule has 0 fully saturated rings. The molecule has 12 aromatic heterocycles. The van der Waals surface area contributed by atoms with Gasteiger partial charge in [0.25, 0.3) is 6.33 Å². The Hall–Kier alpha value is -15.0. The van der Waals surface area contributed by atoms with Crippen molar-refractivity contribution in [2.24, 2.45) is 42.3 Å². The van der Waals surface area contributed by atoms with Crippen LogP contribution < -0.4 is 27.5 Å². The van der Waals surface area contributed by atoms with Crippen LogP contribution in [0.3, 0.4) is 0 Å². The van der Waals surface area contributed by atoms with Gasteiger partial charge in [0.2, 0.25) is 34.2 Å². The van der Waals surface area contributed by atoms with E-state index >= 15 is 0 Å². The van der Waals surface area contributed by atoms with E-state index in [9.17, 15) is 0 Å². The minimum Gasteiger partial charge on any atom is -0.455 e. The van der Waals surface area contributed by atoms with Crippen LogP contribution in [0.1, 0.15) is 200 Å². The van der Waals surface area contributed by atoms with Gasteiger partial charge in [0.05, 0.1) is 71.4 Å². The average Bonchev–Trinajstić information content (AvgIpc) is 1.63. The fourth-order valence-electron chi connectivity index (χ4n) is 16.1. The largest absolute Gasteiger partial charge is 0.455 e. The molecule has 0 aliphatic rings. The maximum Gasteiger partial charge on any atom is 0.286 e. The van der Waals surface area contributed by atoms with Gasteiger partial charge in [-0.3, -0.25) is 9.97 Å². The van der Waals surface area contributed by atoms with E-state index in [0.717, 1.165) is 144 Å². The summed E-state index contributed by atoms with van der Waals surface area (Å²) >= 11 is 0. The minimum atomic E-state index is 0.693. The lowest BCUT2D eigenvalue weighted by Gasteiger charge is -2.06. The molecule has 0 aliphatic carbocycles. The van der Waals surface area contributed by atoms with Crippen molar-refractivity contribution in [1.29, 1.82) is 0 Å². The van der Waals surface area contributed by atoms with Crippen LogP contribution in [0.15, 0.2) is 345 Å². The molecule has 0 bridgehead atoms. The maximum absolute atomic E-state index is 6.16. The molecule has 0 amide bonds. The summed E-state index contributed by atoms with van der Waals surface area (Å²) in [5, 5.41) is 15.8. The fourth-order valence-corrected chi connectivity index (χ4v) is 16.1. The second kappa shape index (κ2) is 62.2. The van der Waals surface area contributed by atoms with Gasteiger partial charge < -0.3 is 22.1 Å². The molecule has 10 aromatic carbocycles. The summed E-state index contributed by atoms with van der Waals surface area (Å²) in [7, 11) is 12.1. The first-order chi connectivity index (χ1) is 70.1. The lowest BCUT2D eigenvalue weighted by Crippen LogP contribution is -2.35. The Morgan fingerprint density at radius 1 is 0.203 bits per heavy atom. The van der Waals surface area contributed by atoms with Crippen molar-refractivity contribution in [2.75, 3.05) is 0 Å². The van der Waals surface area contributed by atoms with E-state index in [1.807, 2.05) is 338 Å². The van der Waals surface area contributed by atoms with E-state index < -0.39 is 0 Å². The van der Waals surface area contributed by atoms with Crippen LogP contribution in [0.2, 0.25) is 0 Å². The highest BCUT2D eigenvalue weighted by molar-refractivity contribution is 6.14. The number of benzene rings is 10. The number of rotatable bonds is 6. The molecule has 0 unspecified atom stereocenters. The standard InChI is InChI=1S/C19H16NO.4C18H15N2O.C12H13N2.12C2H6/c1-13-10-11-15-14-7-3-4-9-17(14)21-19(15)18(13)16-8-5-6-12-20(16)2;1-12-8-9-13-14-6-5-10-19-18(14)21-17(13)16(12)15-7-3-4-11-20(15)2;1-12-9-10-14-13-6-3-4-8-16(13)21-18(14)17(12)15-7-5-11-19-20(15)2;1-12-7-8-14-13-5-3-4-6-16(13)21-18(14)17(12)15-11-19-9-10-20(15)2;1-12-7-8-14-13-5-3-4-6-16(13)21-18(14)17(12)15-9-10-19-11-20(15)2;1-10-5-3-4-6-11(10)12-9-13-7-8-14(12)2;12*1-2/h3-12H,1-2H3;4*3-11H,1-2H3;3-9H,1-2H3;12*1-2H3/q6*+1;;;;;;;;;;;;. The van der Waals surface area contributed by atoms with Crippen LogP contribution >= 0.6 is 0 Å². The van der Waals surface area contributed by atoms with E-state index in [4.69, 9.17) is 22.1 Å². The Morgan fingerprint density at radius 2 is 0.497 bits per heavy atom. The first-order valence-electron chi connectivity index (χ1n) is 51.6. The smallest absolute Gasteiger partial charge is 0.286 e. The fraction of sp³-hybridized carbons (Fsp3) is 0.283. The van der Waals surface area contributed by atoms with Crippen molar-refractivity contribution < 1.29 is 49.6 Å².